The molecule has 0 aromatic heterocycles. The van der Waals surface area contributed by atoms with Crippen molar-refractivity contribution in [2.45, 2.75) is 50.4 Å². The molecule has 0 radical (unpaired) electrons. The number of nitrogens with one attached hydrogen (secondary N) is 1. The highest BCUT2D eigenvalue weighted by Gasteiger charge is 2.41. The Bertz CT molecular complexity index is 869. The van der Waals surface area contributed by atoms with Gasteiger partial charge in [-0.25, -0.2) is 0 Å². The Morgan fingerprint density at radius 3 is 2.17 bits per heavy atom. The summed E-state index contributed by atoms with van der Waals surface area (Å²) in [4.78, 5) is 15.3. The molecule has 2 aliphatic heterocycles. The van der Waals surface area contributed by atoms with Crippen LogP contribution in [0.2, 0.25) is 0 Å². The zero-order valence-corrected chi connectivity index (χ0v) is 17.9. The second-order valence-electron chi connectivity index (χ2n) is 8.11. The molecule has 0 saturated carbocycles. The van der Waals surface area contributed by atoms with Crippen LogP contribution in [0, 0.1) is 0 Å². The lowest BCUT2D eigenvalue weighted by Crippen LogP contribution is -2.50. The van der Waals surface area contributed by atoms with Crippen LogP contribution in [0.15, 0.2) is 42.5 Å². The third-order valence-corrected chi connectivity index (χ3v) is 6.41. The first-order valence-electron chi connectivity index (χ1n) is 10.5. The van der Waals surface area contributed by atoms with Crippen molar-refractivity contribution in [2.75, 3.05) is 21.3 Å². The van der Waals surface area contributed by atoms with E-state index in [2.05, 4.69) is 16.3 Å². The molecule has 6 heteroatoms. The van der Waals surface area contributed by atoms with Crippen LogP contribution < -0.4 is 19.5 Å². The second-order valence-corrected chi connectivity index (χ2v) is 8.11. The molecule has 1 amide bonds. The van der Waals surface area contributed by atoms with Gasteiger partial charge in [0, 0.05) is 35.8 Å². The average molecular weight is 411 g/mol. The number of hydrogen-bond acceptors (Lipinski definition) is 5. The van der Waals surface area contributed by atoms with Crippen LogP contribution in [0.1, 0.15) is 41.6 Å². The Morgan fingerprint density at radius 1 is 0.933 bits per heavy atom. The standard InChI is InChI=1S/C24H30N2O4/c1-28-21-8-4-16(5-9-21)24(27)25-18-13-19-6-7-20(14-18)26(19)15-17-12-22(29-2)10-11-23(17)30-3/h4-5,8-12,18-20H,6-7,13-15H2,1-3H3,(H,25,27). The topological polar surface area (TPSA) is 60.0 Å². The SMILES string of the molecule is COc1ccc(C(=O)NC2CC3CCC(C2)N3Cc2cc(OC)ccc2OC)cc1. The molecule has 160 valence electrons. The zero-order chi connectivity index (χ0) is 21.1. The number of carbonyl (C=O) groups excluding carboxylic acids is 1. The van der Waals surface area contributed by atoms with E-state index in [0.717, 1.165) is 42.2 Å². The van der Waals surface area contributed by atoms with Crippen molar-refractivity contribution < 1.29 is 19.0 Å². The van der Waals surface area contributed by atoms with Gasteiger partial charge >= 0.3 is 0 Å². The molecule has 6 nitrogen and oxygen atoms in total. The van der Waals surface area contributed by atoms with Crippen LogP contribution in [0.25, 0.3) is 0 Å². The molecule has 30 heavy (non-hydrogen) atoms. The maximum atomic E-state index is 12.7. The Kier molecular flexibility index (Phi) is 6.13. The van der Waals surface area contributed by atoms with E-state index in [-0.39, 0.29) is 11.9 Å². The first-order valence-corrected chi connectivity index (χ1v) is 10.5. The maximum Gasteiger partial charge on any atom is 0.251 e. The lowest BCUT2D eigenvalue weighted by molar-refractivity contribution is 0.0825. The highest BCUT2D eigenvalue weighted by Crippen LogP contribution is 2.38. The molecule has 0 spiro atoms. The molecule has 2 bridgehead atoms. The van der Waals surface area contributed by atoms with E-state index in [1.807, 2.05) is 36.4 Å². The molecule has 2 fully saturated rings. The minimum Gasteiger partial charge on any atom is -0.497 e. The fourth-order valence-electron chi connectivity index (χ4n) is 4.86. The van der Waals surface area contributed by atoms with Gasteiger partial charge < -0.3 is 19.5 Å². The Balaban J connectivity index is 1.40. The quantitative estimate of drug-likeness (QED) is 0.755. The van der Waals surface area contributed by atoms with Gasteiger partial charge in [-0.1, -0.05) is 0 Å². The molecular formula is C24H30N2O4. The number of rotatable bonds is 7. The van der Waals surface area contributed by atoms with Gasteiger partial charge in [-0.15, -0.1) is 0 Å². The van der Waals surface area contributed by atoms with Crippen molar-refractivity contribution in [1.29, 1.82) is 0 Å². The molecule has 0 aliphatic carbocycles. The number of piperidine rings is 1. The van der Waals surface area contributed by atoms with Crippen LogP contribution in [0.4, 0.5) is 0 Å². The molecule has 2 saturated heterocycles. The average Bonchev–Trinajstić information content (AvgIpc) is 3.01. The van der Waals surface area contributed by atoms with E-state index in [1.165, 1.54) is 12.8 Å². The van der Waals surface area contributed by atoms with Gasteiger partial charge in [0.2, 0.25) is 0 Å². The predicted molar refractivity (Wildman–Crippen MR) is 115 cm³/mol. The minimum atomic E-state index is -0.00929. The number of methoxy groups -OCH3 is 3. The summed E-state index contributed by atoms with van der Waals surface area (Å²) in [6.07, 6.45) is 4.30. The van der Waals surface area contributed by atoms with Crippen molar-refractivity contribution in [3.8, 4) is 17.2 Å². The van der Waals surface area contributed by atoms with E-state index in [0.29, 0.717) is 17.6 Å². The van der Waals surface area contributed by atoms with E-state index in [4.69, 9.17) is 14.2 Å². The Morgan fingerprint density at radius 2 is 1.57 bits per heavy atom. The van der Waals surface area contributed by atoms with Gasteiger partial charge in [0.1, 0.15) is 17.2 Å². The summed E-state index contributed by atoms with van der Waals surface area (Å²) in [5.41, 5.74) is 1.82. The summed E-state index contributed by atoms with van der Waals surface area (Å²) in [6.45, 7) is 0.842. The van der Waals surface area contributed by atoms with E-state index in [1.54, 1.807) is 21.3 Å². The van der Waals surface area contributed by atoms with Crippen LogP contribution in [-0.2, 0) is 6.54 Å². The van der Waals surface area contributed by atoms with Gasteiger partial charge in [0.15, 0.2) is 0 Å². The van der Waals surface area contributed by atoms with Crippen LogP contribution in [0.3, 0.4) is 0 Å². The smallest absolute Gasteiger partial charge is 0.251 e. The summed E-state index contributed by atoms with van der Waals surface area (Å²) in [7, 11) is 5.02. The van der Waals surface area contributed by atoms with Gasteiger partial charge in [0.05, 0.1) is 21.3 Å². The third-order valence-electron chi connectivity index (χ3n) is 6.41. The fourth-order valence-corrected chi connectivity index (χ4v) is 4.86. The molecule has 2 aromatic rings. The second kappa shape index (κ2) is 8.96. The van der Waals surface area contributed by atoms with Gasteiger partial charge in [-0.3, -0.25) is 9.69 Å². The number of hydrogen-bond donors (Lipinski definition) is 1. The summed E-state index contributed by atoms with van der Waals surface area (Å²) >= 11 is 0. The highest BCUT2D eigenvalue weighted by molar-refractivity contribution is 5.94. The first-order chi connectivity index (χ1) is 14.6. The first kappa shape index (κ1) is 20.5. The minimum absolute atomic E-state index is 0.00929. The molecular weight excluding hydrogens is 380 g/mol. The number of nitrogens with zero attached hydrogens (tertiary/aromatic N) is 1. The van der Waals surface area contributed by atoms with Gasteiger partial charge in [-0.05, 0) is 68.1 Å². The Hall–Kier alpha value is -2.73. The molecule has 2 aliphatic rings. The molecule has 2 aromatic carbocycles. The van der Waals surface area contributed by atoms with E-state index in [9.17, 15) is 4.79 Å². The Labute approximate surface area is 178 Å². The summed E-state index contributed by atoms with van der Waals surface area (Å²) in [5.74, 6) is 2.49. The number of fused-ring (bicyclic) bond motifs is 2. The highest BCUT2D eigenvalue weighted by atomic mass is 16.5. The van der Waals surface area contributed by atoms with Crippen LogP contribution >= 0.6 is 0 Å². The maximum absolute atomic E-state index is 12.7. The van der Waals surface area contributed by atoms with Crippen molar-refractivity contribution in [2.24, 2.45) is 0 Å². The molecule has 1 N–H and O–H groups in total. The third kappa shape index (κ3) is 4.24. The van der Waals surface area contributed by atoms with Crippen molar-refractivity contribution in [1.82, 2.24) is 10.2 Å². The van der Waals surface area contributed by atoms with Crippen molar-refractivity contribution in [3.05, 3.63) is 53.6 Å². The lowest BCUT2D eigenvalue weighted by atomic mass is 9.96. The molecule has 4 rings (SSSR count). The van der Waals surface area contributed by atoms with Gasteiger partial charge in [-0.2, -0.15) is 0 Å². The summed E-state index contributed by atoms with van der Waals surface area (Å²) < 4.78 is 16.1. The van der Waals surface area contributed by atoms with Crippen molar-refractivity contribution >= 4 is 5.91 Å². The van der Waals surface area contributed by atoms with Gasteiger partial charge in [0.25, 0.3) is 5.91 Å². The lowest BCUT2D eigenvalue weighted by Gasteiger charge is -2.39. The number of amides is 1. The zero-order valence-electron chi connectivity index (χ0n) is 17.9. The molecule has 2 atom stereocenters. The summed E-state index contributed by atoms with van der Waals surface area (Å²) in [6, 6.07) is 14.4. The molecule has 2 unspecified atom stereocenters. The monoisotopic (exact) mass is 410 g/mol. The predicted octanol–water partition coefficient (Wildman–Crippen LogP) is 3.64. The largest absolute Gasteiger partial charge is 0.497 e. The number of benzene rings is 2. The number of ether oxygens (including phenoxy) is 3. The van der Waals surface area contributed by atoms with Crippen molar-refractivity contribution in [3.63, 3.8) is 0 Å². The van der Waals surface area contributed by atoms with Crippen LogP contribution in [-0.4, -0.2) is 50.3 Å². The van der Waals surface area contributed by atoms with Crippen LogP contribution in [0.5, 0.6) is 17.2 Å². The number of carbonyl (C=O) groups is 1. The normalized spacial score (nSPS) is 23.1. The fraction of sp³-hybridized carbons (Fsp3) is 0.458. The molecule has 2 heterocycles. The summed E-state index contributed by atoms with van der Waals surface area (Å²) in [5, 5.41) is 3.25. The van der Waals surface area contributed by atoms with E-state index < -0.39 is 0 Å². The van der Waals surface area contributed by atoms with E-state index >= 15 is 0 Å².